The van der Waals surface area contributed by atoms with Crippen LogP contribution < -0.4 is 4.74 Å². The molecule has 210 valence electrons. The molecule has 2 atom stereocenters. The monoisotopic (exact) mass is 531 g/mol. The van der Waals surface area contributed by atoms with Crippen molar-refractivity contribution >= 4 is 5.78 Å². The van der Waals surface area contributed by atoms with Gasteiger partial charge in [0, 0.05) is 16.7 Å². The Labute approximate surface area is 226 Å². The number of aromatic nitrogens is 1. The molecule has 38 heavy (non-hydrogen) atoms. The first-order valence-electron chi connectivity index (χ1n) is 14.7. The molecule has 0 fully saturated rings. The van der Waals surface area contributed by atoms with Gasteiger partial charge in [-0.1, -0.05) is 84.6 Å². The van der Waals surface area contributed by atoms with Crippen LogP contribution >= 0.6 is 0 Å². The van der Waals surface area contributed by atoms with E-state index in [1.807, 2.05) is 0 Å². The molecule has 1 aliphatic rings. The van der Waals surface area contributed by atoms with Crippen molar-refractivity contribution in [1.82, 2.24) is 4.98 Å². The van der Waals surface area contributed by atoms with Crippen LogP contribution in [0.2, 0.25) is 0 Å². The fourth-order valence-corrected chi connectivity index (χ4v) is 5.23. The molecule has 0 radical (unpaired) electrons. The van der Waals surface area contributed by atoms with Crippen molar-refractivity contribution in [1.29, 1.82) is 0 Å². The number of aryl methyl sites for hydroxylation is 1. The highest BCUT2D eigenvalue weighted by Gasteiger charge is 2.34. The molecule has 3 rings (SSSR count). The Morgan fingerprint density at radius 2 is 1.74 bits per heavy atom. The topological polar surface area (TPSA) is 39.2 Å². The van der Waals surface area contributed by atoms with Gasteiger partial charge in [-0.05, 0) is 50.2 Å². The number of ketones is 1. The summed E-state index contributed by atoms with van der Waals surface area (Å²) in [5.41, 5.74) is 1.05. The Balaban J connectivity index is 1.57. The number of hydrogen-bond donors (Lipinski definition) is 0. The fourth-order valence-electron chi connectivity index (χ4n) is 5.23. The van der Waals surface area contributed by atoms with Crippen LogP contribution in [0.5, 0.6) is 5.75 Å². The van der Waals surface area contributed by atoms with Crippen molar-refractivity contribution in [3.8, 4) is 5.75 Å². The summed E-state index contributed by atoms with van der Waals surface area (Å²) in [4.78, 5) is 17.3. The molecule has 0 saturated heterocycles. The minimum absolute atomic E-state index is 0.00996. The summed E-state index contributed by atoms with van der Waals surface area (Å²) in [6.45, 7) is 6.85. The lowest BCUT2D eigenvalue weighted by atomic mass is 9.80. The molecule has 6 heteroatoms. The lowest BCUT2D eigenvalue weighted by molar-refractivity contribution is 0.0941. The second-order valence-corrected chi connectivity index (χ2v) is 10.9. The fraction of sp³-hybridized carbons (Fsp3) is 0.625. The highest BCUT2D eigenvalue weighted by molar-refractivity contribution is 6.03. The molecular formula is C32H44F3NO2. The third-order valence-electron chi connectivity index (χ3n) is 7.93. The SMILES string of the molecule is CCCCCCc1ccc(C2CCc3c(cc(F)c(OCCCCCCCC(C)CC)c3F)C2=O)nc1F. The standard InChI is InChI=1S/C32H44F3NO2/c1-4-6-7-12-15-23-16-19-28(36-32(23)35)25-18-17-24-26(30(25)37)21-27(33)31(29(24)34)38-20-13-10-8-9-11-14-22(3)5-2/h16,19,21-22,25H,4-15,17-18,20H2,1-3H3. The Morgan fingerprint density at radius 1 is 1.00 bits per heavy atom. The van der Waals surface area contributed by atoms with Gasteiger partial charge in [-0.2, -0.15) is 4.39 Å². The van der Waals surface area contributed by atoms with Crippen molar-refractivity contribution in [3.63, 3.8) is 0 Å². The van der Waals surface area contributed by atoms with Crippen molar-refractivity contribution in [2.24, 2.45) is 5.92 Å². The zero-order chi connectivity index (χ0) is 27.5. The van der Waals surface area contributed by atoms with E-state index >= 15 is 4.39 Å². The van der Waals surface area contributed by atoms with E-state index in [1.165, 1.54) is 19.3 Å². The molecule has 1 aliphatic carbocycles. The smallest absolute Gasteiger partial charge is 0.216 e. The second-order valence-electron chi connectivity index (χ2n) is 10.9. The van der Waals surface area contributed by atoms with Gasteiger partial charge >= 0.3 is 0 Å². The van der Waals surface area contributed by atoms with Crippen LogP contribution in [0.25, 0.3) is 0 Å². The second kappa shape index (κ2) is 15.3. The first-order valence-corrected chi connectivity index (χ1v) is 14.7. The van der Waals surface area contributed by atoms with Crippen LogP contribution in [0.3, 0.4) is 0 Å². The maximum Gasteiger partial charge on any atom is 0.216 e. The highest BCUT2D eigenvalue weighted by atomic mass is 19.1. The molecule has 1 aromatic heterocycles. The van der Waals surface area contributed by atoms with Gasteiger partial charge in [-0.15, -0.1) is 0 Å². The van der Waals surface area contributed by atoms with Gasteiger partial charge < -0.3 is 4.74 Å². The molecule has 0 saturated carbocycles. The van der Waals surface area contributed by atoms with Gasteiger partial charge in [-0.25, -0.2) is 13.8 Å². The Morgan fingerprint density at radius 3 is 2.47 bits per heavy atom. The minimum Gasteiger partial charge on any atom is -0.488 e. The van der Waals surface area contributed by atoms with E-state index in [0.29, 0.717) is 24.1 Å². The number of ether oxygens (including phenoxy) is 1. The summed E-state index contributed by atoms with van der Waals surface area (Å²) in [6, 6.07) is 4.45. The molecule has 1 aromatic carbocycles. The molecule has 3 nitrogen and oxygen atoms in total. The molecule has 2 unspecified atom stereocenters. The lowest BCUT2D eigenvalue weighted by Gasteiger charge is -2.24. The van der Waals surface area contributed by atoms with Crippen LogP contribution in [0.15, 0.2) is 18.2 Å². The zero-order valence-corrected chi connectivity index (χ0v) is 23.4. The number of carbonyl (C=O) groups is 1. The first-order chi connectivity index (χ1) is 18.4. The van der Waals surface area contributed by atoms with Crippen molar-refractivity contribution in [2.45, 2.75) is 117 Å². The van der Waals surface area contributed by atoms with Crippen LogP contribution in [0.4, 0.5) is 13.2 Å². The van der Waals surface area contributed by atoms with Crippen molar-refractivity contribution in [3.05, 3.63) is 58.2 Å². The van der Waals surface area contributed by atoms with E-state index in [2.05, 4.69) is 25.8 Å². The van der Waals surface area contributed by atoms with Gasteiger partial charge in [-0.3, -0.25) is 4.79 Å². The zero-order valence-electron chi connectivity index (χ0n) is 23.4. The number of carbonyl (C=O) groups excluding carboxylic acids is 1. The third-order valence-corrected chi connectivity index (χ3v) is 7.93. The number of fused-ring (bicyclic) bond motifs is 1. The summed E-state index contributed by atoms with van der Waals surface area (Å²) in [6.07, 6.45) is 12.9. The normalized spacial score (nSPS) is 15.9. The number of nitrogens with zero attached hydrogens (tertiary/aromatic N) is 1. The maximum absolute atomic E-state index is 15.2. The third kappa shape index (κ3) is 8.07. The molecule has 2 aromatic rings. The van der Waals surface area contributed by atoms with Gasteiger partial charge in [0.05, 0.1) is 18.2 Å². The molecule has 0 N–H and O–H groups in total. The number of rotatable bonds is 16. The minimum atomic E-state index is -0.870. The summed E-state index contributed by atoms with van der Waals surface area (Å²) in [5, 5.41) is 0. The number of hydrogen-bond acceptors (Lipinski definition) is 3. The predicted molar refractivity (Wildman–Crippen MR) is 146 cm³/mol. The van der Waals surface area contributed by atoms with Gasteiger partial charge in [0.1, 0.15) is 0 Å². The lowest BCUT2D eigenvalue weighted by Crippen LogP contribution is -2.24. The Hall–Kier alpha value is -2.37. The first kappa shape index (κ1) is 30.2. The van der Waals surface area contributed by atoms with Crippen LogP contribution in [-0.2, 0) is 12.8 Å². The van der Waals surface area contributed by atoms with Crippen molar-refractivity contribution in [2.75, 3.05) is 6.61 Å². The highest BCUT2D eigenvalue weighted by Crippen LogP contribution is 2.37. The average Bonchev–Trinajstić information content (AvgIpc) is 2.91. The largest absolute Gasteiger partial charge is 0.488 e. The number of pyridine rings is 1. The van der Waals surface area contributed by atoms with Crippen LogP contribution in [-0.4, -0.2) is 17.4 Å². The number of halogens is 3. The molecule has 0 bridgehead atoms. The summed E-state index contributed by atoms with van der Waals surface area (Å²) < 4.78 is 50.2. The van der Waals surface area contributed by atoms with E-state index in [-0.39, 0.29) is 24.2 Å². The number of benzene rings is 1. The Bertz CT molecular complexity index is 1060. The number of Topliss-reactive ketones (excluding diaryl/α,β-unsaturated/α-hetero) is 1. The maximum atomic E-state index is 15.2. The van der Waals surface area contributed by atoms with Gasteiger partial charge in [0.25, 0.3) is 0 Å². The predicted octanol–water partition coefficient (Wildman–Crippen LogP) is 9.30. The molecule has 0 amide bonds. The quantitative estimate of drug-likeness (QED) is 0.160. The molecular weight excluding hydrogens is 487 g/mol. The molecule has 1 heterocycles. The average molecular weight is 532 g/mol. The Kier molecular flexibility index (Phi) is 12.1. The molecule has 0 aliphatic heterocycles. The van der Waals surface area contributed by atoms with Crippen LogP contribution in [0.1, 0.15) is 131 Å². The van der Waals surface area contributed by atoms with E-state index in [1.54, 1.807) is 12.1 Å². The van der Waals surface area contributed by atoms with Crippen molar-refractivity contribution < 1.29 is 22.7 Å². The van der Waals surface area contributed by atoms with E-state index < -0.39 is 35.0 Å². The van der Waals surface area contributed by atoms with E-state index in [9.17, 15) is 13.6 Å². The van der Waals surface area contributed by atoms with E-state index in [4.69, 9.17) is 4.74 Å². The van der Waals surface area contributed by atoms with Gasteiger partial charge in [0.2, 0.25) is 5.95 Å². The molecule has 0 spiro atoms. The van der Waals surface area contributed by atoms with Gasteiger partial charge in [0.15, 0.2) is 23.2 Å². The van der Waals surface area contributed by atoms with Crippen LogP contribution in [0, 0.1) is 23.5 Å². The van der Waals surface area contributed by atoms with E-state index in [0.717, 1.165) is 63.4 Å². The summed E-state index contributed by atoms with van der Waals surface area (Å²) in [7, 11) is 0. The summed E-state index contributed by atoms with van der Waals surface area (Å²) >= 11 is 0. The summed E-state index contributed by atoms with van der Waals surface area (Å²) in [5.74, 6) is -2.99. The number of unbranched alkanes of at least 4 members (excludes halogenated alkanes) is 7.